The highest BCUT2D eigenvalue weighted by molar-refractivity contribution is 6.00. The summed E-state index contributed by atoms with van der Waals surface area (Å²) in [5.74, 6) is -1.81. The minimum absolute atomic E-state index is 0.0279. The summed E-state index contributed by atoms with van der Waals surface area (Å²) >= 11 is 0. The lowest BCUT2D eigenvalue weighted by molar-refractivity contribution is -0.286. The molecule has 1 fully saturated rings. The molecular formula is C30H35F2N3O5. The maximum absolute atomic E-state index is 14.4. The summed E-state index contributed by atoms with van der Waals surface area (Å²) in [6, 6.07) is 8.93. The smallest absolute Gasteiger partial charge is 0.395 e. The highest BCUT2D eigenvalue weighted by Crippen LogP contribution is 2.44. The molecule has 10 heteroatoms. The number of fused-ring (bicyclic) bond motifs is 2. The third-order valence-corrected chi connectivity index (χ3v) is 7.47. The van der Waals surface area contributed by atoms with Gasteiger partial charge in [-0.15, -0.1) is 8.78 Å². The van der Waals surface area contributed by atoms with E-state index in [-0.39, 0.29) is 40.7 Å². The molecule has 0 bridgehead atoms. The van der Waals surface area contributed by atoms with Crippen molar-refractivity contribution < 1.29 is 32.6 Å². The Kier molecular flexibility index (Phi) is 7.00. The molecule has 2 N–H and O–H groups in total. The Balaban J connectivity index is 1.57. The predicted octanol–water partition coefficient (Wildman–Crippen LogP) is 4.12. The van der Waals surface area contributed by atoms with Gasteiger partial charge in [0.15, 0.2) is 11.5 Å². The first-order valence-electron chi connectivity index (χ1n) is 13.6. The molecule has 1 saturated heterocycles. The van der Waals surface area contributed by atoms with Crippen LogP contribution in [0.3, 0.4) is 0 Å². The van der Waals surface area contributed by atoms with Crippen molar-refractivity contribution in [3.8, 4) is 11.5 Å². The molecule has 3 amide bonds. The number of benzene rings is 2. The van der Waals surface area contributed by atoms with Gasteiger partial charge in [-0.25, -0.2) is 0 Å². The standard InChI is InChI=1S/C30H35F2N3O5/c1-16(2)12-21-26(36)33-24(20-13-17-8-6-7-9-18(17)14-20)28(38)35(21)25(27(37)34-29(3,4)5)19-10-11-22-23(15-19)40-30(31,32)39-22/h6-11,15-16,20-21,24-25H,12-14H2,1-5H3,(H,33,36)(H,34,37)/t21-,24?,25-/m1/s1. The lowest BCUT2D eigenvalue weighted by atomic mass is 9.87. The summed E-state index contributed by atoms with van der Waals surface area (Å²) in [5.41, 5.74) is 1.83. The van der Waals surface area contributed by atoms with Gasteiger partial charge in [0.05, 0.1) is 0 Å². The van der Waals surface area contributed by atoms with Gasteiger partial charge in [0.2, 0.25) is 17.7 Å². The molecule has 8 nitrogen and oxygen atoms in total. The average molecular weight is 556 g/mol. The first kappa shape index (κ1) is 27.9. The van der Waals surface area contributed by atoms with Crippen LogP contribution in [0.4, 0.5) is 8.78 Å². The zero-order valence-electron chi connectivity index (χ0n) is 23.3. The zero-order valence-corrected chi connectivity index (χ0v) is 23.3. The van der Waals surface area contributed by atoms with Crippen molar-refractivity contribution in [2.24, 2.45) is 11.8 Å². The number of ether oxygens (including phenoxy) is 2. The second-order valence-corrected chi connectivity index (χ2v) is 12.3. The van der Waals surface area contributed by atoms with Crippen LogP contribution in [0.1, 0.15) is 63.8 Å². The lowest BCUT2D eigenvalue weighted by Crippen LogP contribution is -2.67. The number of halogens is 2. The van der Waals surface area contributed by atoms with E-state index in [1.54, 1.807) is 20.8 Å². The highest BCUT2D eigenvalue weighted by Gasteiger charge is 2.50. The normalized spacial score (nSPS) is 22.8. The topological polar surface area (TPSA) is 97.0 Å². The number of carbonyl (C=O) groups excluding carboxylic acids is 3. The number of alkyl halides is 2. The van der Waals surface area contributed by atoms with Crippen molar-refractivity contribution in [2.75, 3.05) is 0 Å². The average Bonchev–Trinajstić information content (AvgIpc) is 3.40. The summed E-state index contributed by atoms with van der Waals surface area (Å²) in [6.07, 6.45) is -2.29. The van der Waals surface area contributed by atoms with Crippen LogP contribution in [0, 0.1) is 11.8 Å². The minimum atomic E-state index is -3.84. The van der Waals surface area contributed by atoms with Crippen LogP contribution >= 0.6 is 0 Å². The summed E-state index contributed by atoms with van der Waals surface area (Å²) in [7, 11) is 0. The Morgan fingerprint density at radius 1 is 1.07 bits per heavy atom. The van der Waals surface area contributed by atoms with E-state index in [1.165, 1.54) is 23.1 Å². The monoisotopic (exact) mass is 555 g/mol. The van der Waals surface area contributed by atoms with Crippen LogP contribution in [0.5, 0.6) is 11.5 Å². The Labute approximate surface area is 232 Å². The van der Waals surface area contributed by atoms with E-state index in [9.17, 15) is 23.2 Å². The third kappa shape index (κ3) is 5.48. The second kappa shape index (κ2) is 10.1. The molecule has 3 atom stereocenters. The molecule has 2 aromatic carbocycles. The molecule has 3 aliphatic rings. The SMILES string of the molecule is CC(C)C[C@@H]1C(=O)NC(C2Cc3ccccc3C2)C(=O)N1[C@@H](C(=O)NC(C)(C)C)c1ccc2c(c1)OC(F)(F)O2. The molecule has 0 spiro atoms. The van der Waals surface area contributed by atoms with Crippen molar-refractivity contribution in [3.63, 3.8) is 0 Å². The molecule has 214 valence electrons. The molecule has 0 radical (unpaired) electrons. The number of nitrogens with one attached hydrogen (secondary N) is 2. The maximum atomic E-state index is 14.4. The Morgan fingerprint density at radius 2 is 1.70 bits per heavy atom. The van der Waals surface area contributed by atoms with E-state index in [4.69, 9.17) is 0 Å². The van der Waals surface area contributed by atoms with Crippen molar-refractivity contribution in [2.45, 2.75) is 83.8 Å². The number of carbonyl (C=O) groups is 3. The molecule has 2 aromatic rings. The first-order valence-corrected chi connectivity index (χ1v) is 13.6. The van der Waals surface area contributed by atoms with E-state index < -0.39 is 35.9 Å². The minimum Gasteiger partial charge on any atom is -0.395 e. The molecule has 2 aliphatic heterocycles. The largest absolute Gasteiger partial charge is 0.586 e. The Hall–Kier alpha value is -3.69. The summed E-state index contributed by atoms with van der Waals surface area (Å²) in [5, 5.41) is 5.89. The predicted molar refractivity (Wildman–Crippen MR) is 143 cm³/mol. The second-order valence-electron chi connectivity index (χ2n) is 12.3. The van der Waals surface area contributed by atoms with Gasteiger partial charge in [-0.2, -0.15) is 0 Å². The fourth-order valence-corrected chi connectivity index (χ4v) is 5.89. The molecule has 40 heavy (non-hydrogen) atoms. The third-order valence-electron chi connectivity index (χ3n) is 7.47. The van der Waals surface area contributed by atoms with Crippen LogP contribution in [0.2, 0.25) is 0 Å². The van der Waals surface area contributed by atoms with Gasteiger partial charge < -0.3 is 25.0 Å². The van der Waals surface area contributed by atoms with Crippen molar-refractivity contribution in [3.05, 3.63) is 59.2 Å². The van der Waals surface area contributed by atoms with Crippen molar-refractivity contribution in [1.29, 1.82) is 0 Å². The molecule has 0 saturated carbocycles. The summed E-state index contributed by atoms with van der Waals surface area (Å²) < 4.78 is 36.8. The summed E-state index contributed by atoms with van der Waals surface area (Å²) in [6.45, 7) is 9.27. The van der Waals surface area contributed by atoms with Gasteiger partial charge in [-0.1, -0.05) is 44.2 Å². The van der Waals surface area contributed by atoms with Crippen molar-refractivity contribution >= 4 is 17.7 Å². The number of rotatable bonds is 6. The number of hydrogen-bond donors (Lipinski definition) is 2. The maximum Gasteiger partial charge on any atom is 0.586 e. The molecular weight excluding hydrogens is 520 g/mol. The van der Waals surface area contributed by atoms with Gasteiger partial charge in [-0.05, 0) is 80.7 Å². The molecule has 1 aliphatic carbocycles. The first-order chi connectivity index (χ1) is 18.7. The fourth-order valence-electron chi connectivity index (χ4n) is 5.89. The Morgan fingerprint density at radius 3 is 2.30 bits per heavy atom. The zero-order chi connectivity index (χ0) is 29.0. The van der Waals surface area contributed by atoms with E-state index in [1.807, 2.05) is 38.1 Å². The van der Waals surface area contributed by atoms with Gasteiger partial charge >= 0.3 is 6.29 Å². The van der Waals surface area contributed by atoms with Crippen LogP contribution in [0.15, 0.2) is 42.5 Å². The summed E-state index contributed by atoms with van der Waals surface area (Å²) in [4.78, 5) is 43.3. The molecule has 0 aromatic heterocycles. The number of hydrogen-bond acceptors (Lipinski definition) is 5. The van der Waals surface area contributed by atoms with Crippen LogP contribution in [-0.2, 0) is 27.2 Å². The number of amides is 3. The molecule has 5 rings (SSSR count). The van der Waals surface area contributed by atoms with Crippen molar-refractivity contribution in [1.82, 2.24) is 15.5 Å². The fraction of sp³-hybridized carbons (Fsp3) is 0.500. The lowest BCUT2D eigenvalue weighted by Gasteiger charge is -2.45. The van der Waals surface area contributed by atoms with Crippen LogP contribution in [0.25, 0.3) is 0 Å². The van der Waals surface area contributed by atoms with Crippen LogP contribution in [-0.4, -0.2) is 46.5 Å². The quantitative estimate of drug-likeness (QED) is 0.559. The van der Waals surface area contributed by atoms with Gasteiger partial charge in [-0.3, -0.25) is 14.4 Å². The van der Waals surface area contributed by atoms with E-state index in [2.05, 4.69) is 20.1 Å². The van der Waals surface area contributed by atoms with Crippen LogP contribution < -0.4 is 20.1 Å². The number of nitrogens with zero attached hydrogens (tertiary/aromatic N) is 1. The van der Waals surface area contributed by atoms with E-state index >= 15 is 0 Å². The van der Waals surface area contributed by atoms with Gasteiger partial charge in [0.25, 0.3) is 0 Å². The molecule has 2 heterocycles. The molecule has 1 unspecified atom stereocenters. The van der Waals surface area contributed by atoms with E-state index in [0.717, 1.165) is 11.1 Å². The van der Waals surface area contributed by atoms with E-state index in [0.29, 0.717) is 19.3 Å². The highest BCUT2D eigenvalue weighted by atomic mass is 19.3. The Bertz CT molecular complexity index is 1310. The van der Waals surface area contributed by atoms with Gasteiger partial charge in [0.1, 0.15) is 18.1 Å². The van der Waals surface area contributed by atoms with Gasteiger partial charge in [0, 0.05) is 5.54 Å². The number of piperazine rings is 1.